The van der Waals surface area contributed by atoms with Crippen molar-refractivity contribution in [1.82, 2.24) is 14.6 Å². The van der Waals surface area contributed by atoms with Gasteiger partial charge in [-0.2, -0.15) is 0 Å². The molecule has 0 spiro atoms. The Hall–Kier alpha value is -1.56. The molecule has 3 nitrogen and oxygen atoms in total. The molecule has 0 aliphatic rings. The van der Waals surface area contributed by atoms with Crippen molar-refractivity contribution in [2.45, 2.75) is 17.3 Å². The zero-order chi connectivity index (χ0) is 15.1. The third kappa shape index (κ3) is 2.29. The molecular weight excluding hydrogens is 334 g/mol. The van der Waals surface area contributed by atoms with Gasteiger partial charge in [-0.05, 0) is 30.7 Å². The fourth-order valence-electron chi connectivity index (χ4n) is 2.46. The van der Waals surface area contributed by atoms with E-state index >= 15 is 0 Å². The second-order valence-electron chi connectivity index (χ2n) is 4.95. The van der Waals surface area contributed by atoms with Crippen LogP contribution in [0, 0.1) is 0 Å². The lowest BCUT2D eigenvalue weighted by Gasteiger charge is -2.11. The van der Waals surface area contributed by atoms with E-state index in [1.54, 1.807) is 23.1 Å². The maximum Gasteiger partial charge on any atom is 0.217 e. The molecule has 0 aliphatic carbocycles. The fourth-order valence-corrected chi connectivity index (χ4v) is 4.87. The van der Waals surface area contributed by atoms with Crippen LogP contribution < -0.4 is 0 Å². The van der Waals surface area contributed by atoms with E-state index in [2.05, 4.69) is 39.7 Å². The Balaban J connectivity index is 1.77. The van der Waals surface area contributed by atoms with Crippen LogP contribution in [0.4, 0.5) is 0 Å². The van der Waals surface area contributed by atoms with Crippen LogP contribution in [0.2, 0.25) is 5.02 Å². The molecular formula is C16H12ClN3S2. The highest BCUT2D eigenvalue weighted by atomic mass is 35.5. The molecule has 0 saturated heterocycles. The Bertz CT molecular complexity index is 960. The molecule has 0 N–H and O–H groups in total. The summed E-state index contributed by atoms with van der Waals surface area (Å²) in [5.74, 6) is 0. The number of rotatable bonds is 3. The van der Waals surface area contributed by atoms with Crippen molar-refractivity contribution in [1.29, 1.82) is 0 Å². The summed E-state index contributed by atoms with van der Waals surface area (Å²) in [4.78, 5) is 0.926. The Morgan fingerprint density at radius 1 is 1.09 bits per heavy atom. The van der Waals surface area contributed by atoms with E-state index in [1.807, 2.05) is 30.3 Å². The highest BCUT2D eigenvalue weighted by Gasteiger charge is 2.17. The van der Waals surface area contributed by atoms with Gasteiger partial charge in [0.2, 0.25) is 4.96 Å². The average Bonchev–Trinajstić information content (AvgIpc) is 3.07. The van der Waals surface area contributed by atoms with Crippen molar-refractivity contribution in [3.63, 3.8) is 0 Å². The van der Waals surface area contributed by atoms with Gasteiger partial charge in [0.15, 0.2) is 5.16 Å². The Kier molecular flexibility index (Phi) is 3.56. The van der Waals surface area contributed by atoms with Crippen LogP contribution in [0.3, 0.4) is 0 Å². The molecule has 4 aromatic rings. The highest BCUT2D eigenvalue weighted by molar-refractivity contribution is 7.99. The first-order valence-corrected chi connectivity index (χ1v) is 8.95. The van der Waals surface area contributed by atoms with Gasteiger partial charge >= 0.3 is 0 Å². The Labute approximate surface area is 140 Å². The van der Waals surface area contributed by atoms with Crippen LogP contribution >= 0.6 is 34.7 Å². The number of benzene rings is 2. The van der Waals surface area contributed by atoms with Crippen LogP contribution in [0.25, 0.3) is 15.2 Å². The number of hydrogen-bond donors (Lipinski definition) is 0. The largest absolute Gasteiger partial charge is 0.260 e. The summed E-state index contributed by atoms with van der Waals surface area (Å²) in [5.41, 5.74) is 2.27. The third-order valence-electron chi connectivity index (χ3n) is 3.54. The van der Waals surface area contributed by atoms with Crippen molar-refractivity contribution in [2.75, 3.05) is 0 Å². The van der Waals surface area contributed by atoms with Crippen molar-refractivity contribution < 1.29 is 0 Å². The summed E-state index contributed by atoms with van der Waals surface area (Å²) in [6.45, 7) is 2.14. The second kappa shape index (κ2) is 5.57. The molecule has 1 unspecified atom stereocenters. The molecule has 2 aromatic heterocycles. The summed E-state index contributed by atoms with van der Waals surface area (Å²) in [6, 6.07) is 16.2. The lowest BCUT2D eigenvalue weighted by molar-refractivity contribution is 0.929. The minimum atomic E-state index is 0.208. The minimum absolute atomic E-state index is 0.208. The first-order valence-electron chi connectivity index (χ1n) is 6.88. The number of aromatic nitrogens is 3. The van der Waals surface area contributed by atoms with Crippen LogP contribution in [0.1, 0.15) is 17.7 Å². The van der Waals surface area contributed by atoms with Crippen LogP contribution in [-0.4, -0.2) is 14.6 Å². The zero-order valence-corrected chi connectivity index (χ0v) is 14.1. The van der Waals surface area contributed by atoms with E-state index in [0.717, 1.165) is 26.2 Å². The lowest BCUT2D eigenvalue weighted by atomic mass is 10.2. The first kappa shape index (κ1) is 14.1. The van der Waals surface area contributed by atoms with Gasteiger partial charge in [0.25, 0.3) is 0 Å². The molecule has 0 radical (unpaired) electrons. The molecule has 0 aliphatic heterocycles. The van der Waals surface area contributed by atoms with E-state index in [0.29, 0.717) is 0 Å². The van der Waals surface area contributed by atoms with E-state index in [-0.39, 0.29) is 5.25 Å². The summed E-state index contributed by atoms with van der Waals surface area (Å²) in [7, 11) is 0. The van der Waals surface area contributed by atoms with Crippen molar-refractivity contribution >= 4 is 49.9 Å². The molecule has 2 aromatic carbocycles. The van der Waals surface area contributed by atoms with Crippen LogP contribution in [-0.2, 0) is 0 Å². The SMILES string of the molecule is CC(Sc1nnc2sc3ccccc3n12)c1ccccc1Cl. The summed E-state index contributed by atoms with van der Waals surface area (Å²) >= 11 is 9.63. The highest BCUT2D eigenvalue weighted by Crippen LogP contribution is 2.39. The quantitative estimate of drug-likeness (QED) is 0.462. The van der Waals surface area contributed by atoms with Gasteiger partial charge < -0.3 is 0 Å². The normalized spacial score (nSPS) is 13.0. The van der Waals surface area contributed by atoms with Gasteiger partial charge in [-0.25, -0.2) is 0 Å². The second-order valence-corrected chi connectivity index (χ2v) is 7.68. The fraction of sp³-hybridized carbons (Fsp3) is 0.125. The maximum absolute atomic E-state index is 6.30. The molecule has 0 bridgehead atoms. The minimum Gasteiger partial charge on any atom is -0.260 e. The molecule has 22 heavy (non-hydrogen) atoms. The zero-order valence-electron chi connectivity index (χ0n) is 11.7. The number of hydrogen-bond acceptors (Lipinski definition) is 4. The first-order chi connectivity index (χ1) is 10.7. The number of thioether (sulfide) groups is 1. The molecule has 6 heteroatoms. The predicted molar refractivity (Wildman–Crippen MR) is 94.1 cm³/mol. The van der Waals surface area contributed by atoms with Gasteiger partial charge in [0.1, 0.15) is 0 Å². The van der Waals surface area contributed by atoms with E-state index in [9.17, 15) is 0 Å². The molecule has 1 atom stereocenters. The third-order valence-corrected chi connectivity index (χ3v) is 5.98. The smallest absolute Gasteiger partial charge is 0.217 e. The number of halogens is 1. The summed E-state index contributed by atoms with van der Waals surface area (Å²) in [6.07, 6.45) is 0. The van der Waals surface area contributed by atoms with Crippen molar-refractivity contribution in [3.8, 4) is 0 Å². The molecule has 2 heterocycles. The monoisotopic (exact) mass is 345 g/mol. The number of nitrogens with zero attached hydrogens (tertiary/aromatic N) is 3. The van der Waals surface area contributed by atoms with Gasteiger partial charge in [0, 0.05) is 10.3 Å². The molecule has 0 amide bonds. The Morgan fingerprint density at radius 2 is 1.86 bits per heavy atom. The molecule has 0 saturated carbocycles. The Morgan fingerprint density at radius 3 is 2.73 bits per heavy atom. The summed E-state index contributed by atoms with van der Waals surface area (Å²) in [5, 5.41) is 10.5. The predicted octanol–water partition coefficient (Wildman–Crippen LogP) is 5.45. The number of para-hydroxylation sites is 1. The van der Waals surface area contributed by atoms with Gasteiger partial charge in [-0.1, -0.05) is 65.0 Å². The molecule has 0 fully saturated rings. The van der Waals surface area contributed by atoms with E-state index in [4.69, 9.17) is 11.6 Å². The van der Waals surface area contributed by atoms with Crippen LogP contribution in [0.5, 0.6) is 0 Å². The van der Waals surface area contributed by atoms with E-state index in [1.165, 1.54) is 4.70 Å². The topological polar surface area (TPSA) is 30.2 Å². The standard InChI is InChI=1S/C16H12ClN3S2/c1-10(11-6-2-3-7-12(11)17)21-15-18-19-16-20(15)13-8-4-5-9-14(13)22-16/h2-10H,1H3. The average molecular weight is 346 g/mol. The van der Waals surface area contributed by atoms with Crippen molar-refractivity contribution in [2.24, 2.45) is 0 Å². The van der Waals surface area contributed by atoms with E-state index < -0.39 is 0 Å². The summed E-state index contributed by atoms with van der Waals surface area (Å²) < 4.78 is 3.34. The molecule has 4 rings (SSSR count). The maximum atomic E-state index is 6.30. The van der Waals surface area contributed by atoms with Crippen molar-refractivity contribution in [3.05, 3.63) is 59.1 Å². The van der Waals surface area contributed by atoms with Gasteiger partial charge in [0.05, 0.1) is 10.2 Å². The lowest BCUT2D eigenvalue weighted by Crippen LogP contribution is -1.93. The number of thiazole rings is 1. The molecule has 110 valence electrons. The van der Waals surface area contributed by atoms with Crippen LogP contribution in [0.15, 0.2) is 53.7 Å². The van der Waals surface area contributed by atoms with Gasteiger partial charge in [-0.15, -0.1) is 10.2 Å². The van der Waals surface area contributed by atoms with Gasteiger partial charge in [-0.3, -0.25) is 4.40 Å². The number of fused-ring (bicyclic) bond motifs is 3.